The summed E-state index contributed by atoms with van der Waals surface area (Å²) in [5, 5.41) is 2.40. The van der Waals surface area contributed by atoms with Gasteiger partial charge in [0.05, 0.1) is 0 Å². The van der Waals surface area contributed by atoms with E-state index >= 15 is 0 Å². The number of amides is 1. The van der Waals surface area contributed by atoms with Gasteiger partial charge in [-0.1, -0.05) is 40.9 Å². The zero-order chi connectivity index (χ0) is 10.8. The van der Waals surface area contributed by atoms with E-state index in [1.807, 2.05) is 0 Å². The van der Waals surface area contributed by atoms with Gasteiger partial charge in [-0.3, -0.25) is 4.79 Å². The topological polar surface area (TPSA) is 42.0 Å². The Morgan fingerprint density at radius 1 is 1.50 bits per heavy atom. The van der Waals surface area contributed by atoms with E-state index < -0.39 is 9.70 Å². The Morgan fingerprint density at radius 2 is 2.14 bits per heavy atom. The number of carbonyl (C=O) groups is 1. The van der Waals surface area contributed by atoms with E-state index in [2.05, 4.69) is 10.3 Å². The van der Waals surface area contributed by atoms with Crippen LogP contribution in [-0.2, 0) is 4.79 Å². The minimum atomic E-state index is -1.97. The summed E-state index contributed by atoms with van der Waals surface area (Å²) in [6.07, 6.45) is 1.54. The van der Waals surface area contributed by atoms with Crippen LogP contribution >= 0.6 is 34.8 Å². The van der Waals surface area contributed by atoms with Crippen molar-refractivity contribution in [2.45, 2.75) is 10.7 Å². The van der Waals surface area contributed by atoms with Gasteiger partial charge in [0.1, 0.15) is 5.82 Å². The lowest BCUT2D eigenvalue weighted by Crippen LogP contribution is -2.27. The van der Waals surface area contributed by atoms with E-state index in [1.54, 1.807) is 25.3 Å². The van der Waals surface area contributed by atoms with Gasteiger partial charge in [-0.15, -0.1) is 0 Å². The standard InChI is InChI=1S/C8H7Cl3N2O/c1-5-3-2-4-12-6(5)13-7(14)8(9,10)11/h2-4H,1H3,(H,12,13,14). The molecule has 1 aromatic rings. The first-order chi connectivity index (χ1) is 6.41. The molecule has 1 aromatic heterocycles. The number of carbonyl (C=O) groups excluding carboxylic acids is 1. The summed E-state index contributed by atoms with van der Waals surface area (Å²) in [7, 11) is 0. The normalized spacial score (nSPS) is 11.1. The van der Waals surface area contributed by atoms with E-state index in [0.717, 1.165) is 5.56 Å². The maximum Gasteiger partial charge on any atom is 0.277 e. The third-order valence-corrected chi connectivity index (χ3v) is 2.01. The predicted octanol–water partition coefficient (Wildman–Crippen LogP) is 2.70. The van der Waals surface area contributed by atoms with Gasteiger partial charge in [0, 0.05) is 6.20 Å². The minimum absolute atomic E-state index is 0.392. The lowest BCUT2D eigenvalue weighted by atomic mass is 10.3. The molecule has 0 aliphatic rings. The molecule has 3 nitrogen and oxygen atoms in total. The molecule has 6 heteroatoms. The van der Waals surface area contributed by atoms with Crippen LogP contribution < -0.4 is 5.32 Å². The first kappa shape index (κ1) is 11.6. The van der Waals surface area contributed by atoms with E-state index in [9.17, 15) is 4.79 Å². The molecule has 14 heavy (non-hydrogen) atoms. The molecular formula is C8H7Cl3N2O. The lowest BCUT2D eigenvalue weighted by molar-refractivity contribution is -0.115. The average Bonchev–Trinajstić information content (AvgIpc) is 2.07. The molecule has 0 atom stereocenters. The fraction of sp³-hybridized carbons (Fsp3) is 0.250. The van der Waals surface area contributed by atoms with Gasteiger partial charge in [0.25, 0.3) is 9.70 Å². The van der Waals surface area contributed by atoms with Gasteiger partial charge in [-0.25, -0.2) is 4.98 Å². The van der Waals surface area contributed by atoms with Crippen LogP contribution in [0.1, 0.15) is 5.56 Å². The number of nitrogens with one attached hydrogen (secondary N) is 1. The molecule has 0 spiro atoms. The zero-order valence-electron chi connectivity index (χ0n) is 7.22. The number of nitrogens with zero attached hydrogens (tertiary/aromatic N) is 1. The van der Waals surface area contributed by atoms with Crippen molar-refractivity contribution in [3.63, 3.8) is 0 Å². The predicted molar refractivity (Wildman–Crippen MR) is 57.9 cm³/mol. The Hall–Kier alpha value is -0.510. The number of halogens is 3. The number of hydrogen-bond acceptors (Lipinski definition) is 2. The molecular weight excluding hydrogens is 246 g/mol. The van der Waals surface area contributed by atoms with Crippen LogP contribution in [-0.4, -0.2) is 14.7 Å². The summed E-state index contributed by atoms with van der Waals surface area (Å²) in [5.41, 5.74) is 0.801. The van der Waals surface area contributed by atoms with Crippen molar-refractivity contribution in [2.75, 3.05) is 5.32 Å². The first-order valence-corrected chi connectivity index (χ1v) is 4.84. The quantitative estimate of drug-likeness (QED) is 0.782. The van der Waals surface area contributed by atoms with Crippen LogP contribution in [0.15, 0.2) is 18.3 Å². The Labute approximate surface area is 96.4 Å². The summed E-state index contributed by atoms with van der Waals surface area (Å²) < 4.78 is -1.97. The van der Waals surface area contributed by atoms with Crippen LogP contribution in [0.5, 0.6) is 0 Å². The molecule has 0 radical (unpaired) electrons. The molecule has 0 unspecified atom stereocenters. The molecule has 0 aliphatic heterocycles. The fourth-order valence-electron chi connectivity index (χ4n) is 0.795. The Morgan fingerprint density at radius 3 is 2.64 bits per heavy atom. The Bertz CT molecular complexity index is 349. The van der Waals surface area contributed by atoms with Crippen molar-refractivity contribution in [2.24, 2.45) is 0 Å². The van der Waals surface area contributed by atoms with Gasteiger partial charge >= 0.3 is 0 Å². The molecule has 0 aromatic carbocycles. The van der Waals surface area contributed by atoms with Crippen molar-refractivity contribution in [3.05, 3.63) is 23.9 Å². The van der Waals surface area contributed by atoms with E-state index in [4.69, 9.17) is 34.8 Å². The van der Waals surface area contributed by atoms with Crippen LogP contribution in [0, 0.1) is 6.92 Å². The second-order valence-electron chi connectivity index (χ2n) is 2.62. The van der Waals surface area contributed by atoms with Gasteiger partial charge in [-0.05, 0) is 18.6 Å². The van der Waals surface area contributed by atoms with E-state index in [1.165, 1.54) is 0 Å². The number of pyridine rings is 1. The maximum absolute atomic E-state index is 11.2. The third-order valence-electron chi connectivity index (χ3n) is 1.50. The summed E-state index contributed by atoms with van der Waals surface area (Å²) in [4.78, 5) is 15.2. The maximum atomic E-state index is 11.2. The summed E-state index contributed by atoms with van der Waals surface area (Å²) in [6.45, 7) is 1.79. The number of hydrogen-bond donors (Lipinski definition) is 1. The lowest BCUT2D eigenvalue weighted by Gasteiger charge is -2.11. The average molecular weight is 254 g/mol. The van der Waals surface area contributed by atoms with Crippen LogP contribution in [0.25, 0.3) is 0 Å². The summed E-state index contributed by atoms with van der Waals surface area (Å²) >= 11 is 16.1. The molecule has 1 rings (SSSR count). The van der Waals surface area contributed by atoms with Crippen molar-refractivity contribution >= 4 is 46.5 Å². The summed E-state index contributed by atoms with van der Waals surface area (Å²) in [6, 6.07) is 3.54. The minimum Gasteiger partial charge on any atom is -0.307 e. The first-order valence-electron chi connectivity index (χ1n) is 3.71. The molecule has 0 saturated carbocycles. The van der Waals surface area contributed by atoms with Crippen molar-refractivity contribution < 1.29 is 4.79 Å². The molecule has 1 amide bonds. The van der Waals surface area contributed by atoms with Gasteiger partial charge in [-0.2, -0.15) is 0 Å². The van der Waals surface area contributed by atoms with Gasteiger partial charge < -0.3 is 5.32 Å². The monoisotopic (exact) mass is 252 g/mol. The SMILES string of the molecule is Cc1cccnc1NC(=O)C(Cl)(Cl)Cl. The van der Waals surface area contributed by atoms with Crippen LogP contribution in [0.2, 0.25) is 0 Å². The highest BCUT2D eigenvalue weighted by molar-refractivity contribution is 6.76. The van der Waals surface area contributed by atoms with Crippen molar-refractivity contribution in [1.29, 1.82) is 0 Å². The highest BCUT2D eigenvalue weighted by atomic mass is 35.6. The van der Waals surface area contributed by atoms with Gasteiger partial charge in [0.15, 0.2) is 0 Å². The van der Waals surface area contributed by atoms with Gasteiger partial charge in [0.2, 0.25) is 0 Å². The highest BCUT2D eigenvalue weighted by Crippen LogP contribution is 2.27. The van der Waals surface area contributed by atoms with E-state index in [-0.39, 0.29) is 0 Å². The highest BCUT2D eigenvalue weighted by Gasteiger charge is 2.31. The smallest absolute Gasteiger partial charge is 0.277 e. The third kappa shape index (κ3) is 3.01. The summed E-state index contributed by atoms with van der Waals surface area (Å²) in [5.74, 6) is -0.326. The number of aryl methyl sites for hydroxylation is 1. The number of aromatic nitrogens is 1. The molecule has 0 fully saturated rings. The number of alkyl halides is 3. The second kappa shape index (κ2) is 4.34. The van der Waals surface area contributed by atoms with Crippen LogP contribution in [0.4, 0.5) is 5.82 Å². The van der Waals surface area contributed by atoms with Crippen molar-refractivity contribution in [1.82, 2.24) is 4.98 Å². The molecule has 0 saturated heterocycles. The molecule has 0 bridgehead atoms. The molecule has 0 aliphatic carbocycles. The molecule has 76 valence electrons. The number of rotatable bonds is 1. The van der Waals surface area contributed by atoms with Crippen molar-refractivity contribution in [3.8, 4) is 0 Å². The van der Waals surface area contributed by atoms with Crippen LogP contribution in [0.3, 0.4) is 0 Å². The zero-order valence-corrected chi connectivity index (χ0v) is 9.49. The Kier molecular flexibility index (Phi) is 3.59. The largest absolute Gasteiger partial charge is 0.307 e. The Balaban J connectivity index is 2.80. The second-order valence-corrected chi connectivity index (χ2v) is 4.90. The molecule has 1 heterocycles. The fourth-order valence-corrected chi connectivity index (χ4v) is 0.937. The number of anilines is 1. The molecule has 1 N–H and O–H groups in total. The van der Waals surface area contributed by atoms with E-state index in [0.29, 0.717) is 5.82 Å².